The molecule has 0 aliphatic carbocycles. The van der Waals surface area contributed by atoms with E-state index in [1.165, 1.54) is 51.7 Å². The predicted octanol–water partition coefficient (Wildman–Crippen LogP) is 11.5. The Morgan fingerprint density at radius 3 is 1.68 bits per heavy atom. The number of piperidine rings is 2. The van der Waals surface area contributed by atoms with Crippen LogP contribution in [0.2, 0.25) is 20.1 Å². The van der Waals surface area contributed by atoms with Crippen LogP contribution in [0.1, 0.15) is 115 Å². The van der Waals surface area contributed by atoms with Gasteiger partial charge in [0.1, 0.15) is 22.7 Å². The van der Waals surface area contributed by atoms with E-state index in [0.29, 0.717) is 56.1 Å². The van der Waals surface area contributed by atoms with Crippen LogP contribution in [0.3, 0.4) is 0 Å². The fraction of sp³-hybridized carbons (Fsp3) is 0.560. The fourth-order valence-electron chi connectivity index (χ4n) is 11.4. The second-order valence-corrected chi connectivity index (χ2v) is 21.3. The van der Waals surface area contributed by atoms with E-state index in [1.54, 1.807) is 12.1 Å². The van der Waals surface area contributed by atoms with Crippen molar-refractivity contribution in [3.05, 3.63) is 91.4 Å². The summed E-state index contributed by atoms with van der Waals surface area (Å²) in [5.41, 5.74) is 6.94. The van der Waals surface area contributed by atoms with Gasteiger partial charge in [-0.1, -0.05) is 72.4 Å². The van der Waals surface area contributed by atoms with Crippen molar-refractivity contribution >= 4 is 80.4 Å². The SMILES string of the molecule is Cc1nn(C(C)c2ccc(Cl)cc2Cl)c2nc(N3CC(C)C(N4CCCC4)CC3C)cnc12.Cc1nn(C(C)c2ccc(Cl)cc2Cl)c2nc(N3CCC(N4CCCC4C)C(C)C3)cnc12. The van der Waals surface area contributed by atoms with Gasteiger partial charge >= 0.3 is 0 Å². The van der Waals surface area contributed by atoms with Crippen LogP contribution >= 0.6 is 46.4 Å². The van der Waals surface area contributed by atoms with E-state index < -0.39 is 0 Å². The summed E-state index contributed by atoms with van der Waals surface area (Å²) >= 11 is 25.2. The molecule has 4 fully saturated rings. The quantitative estimate of drug-likeness (QED) is 0.147. The van der Waals surface area contributed by atoms with E-state index in [-0.39, 0.29) is 12.1 Å². The number of anilines is 2. The molecule has 4 aliphatic rings. The third-order valence-corrected chi connectivity index (χ3v) is 16.2. The molecule has 12 nitrogen and oxygen atoms in total. The molecule has 2 aromatic carbocycles. The lowest BCUT2D eigenvalue weighted by Gasteiger charge is -2.45. The Hall–Kier alpha value is -3.78. The van der Waals surface area contributed by atoms with Gasteiger partial charge < -0.3 is 9.80 Å². The highest BCUT2D eigenvalue weighted by atomic mass is 35.5. The normalized spacial score (nSPS) is 25.2. The molecule has 0 amide bonds. The Kier molecular flexibility index (Phi) is 14.1. The number of aromatic nitrogens is 8. The molecular weight excluding hydrogens is 910 g/mol. The van der Waals surface area contributed by atoms with Gasteiger partial charge in [-0.15, -0.1) is 0 Å². The van der Waals surface area contributed by atoms with Gasteiger partial charge in [-0.3, -0.25) is 9.80 Å². The number of aryl methyl sites for hydroxylation is 2. The zero-order valence-electron chi connectivity index (χ0n) is 39.6. The van der Waals surface area contributed by atoms with Crippen molar-refractivity contribution in [3.8, 4) is 0 Å². The molecular formula is C50H64Cl4N12. The summed E-state index contributed by atoms with van der Waals surface area (Å²) in [4.78, 5) is 30.0. The van der Waals surface area contributed by atoms with E-state index in [0.717, 1.165) is 82.5 Å². The third kappa shape index (κ3) is 9.36. The average Bonchev–Trinajstić information content (AvgIpc) is 4.11. The number of likely N-dealkylation sites (tertiary alicyclic amines) is 2. The third-order valence-electron chi connectivity index (χ3n) is 15.1. The summed E-state index contributed by atoms with van der Waals surface area (Å²) in [6.45, 7) is 24.3. The van der Waals surface area contributed by atoms with Gasteiger partial charge in [0, 0.05) is 63.9 Å². The summed E-state index contributed by atoms with van der Waals surface area (Å²) in [6.07, 6.45) is 11.5. The minimum Gasteiger partial charge on any atom is -0.355 e. The van der Waals surface area contributed by atoms with E-state index in [2.05, 4.69) is 61.1 Å². The first-order chi connectivity index (χ1) is 31.7. The zero-order chi connectivity index (χ0) is 46.6. The van der Waals surface area contributed by atoms with Crippen LogP contribution in [0.5, 0.6) is 0 Å². The van der Waals surface area contributed by atoms with Crippen molar-refractivity contribution in [3.63, 3.8) is 0 Å². The molecule has 66 heavy (non-hydrogen) atoms. The van der Waals surface area contributed by atoms with Gasteiger partial charge in [-0.25, -0.2) is 29.3 Å². The Balaban J connectivity index is 0.000000166. The summed E-state index contributed by atoms with van der Waals surface area (Å²) in [5, 5.41) is 12.1. The number of hydrogen-bond donors (Lipinski definition) is 0. The van der Waals surface area contributed by atoms with Crippen LogP contribution in [-0.4, -0.2) is 113 Å². The second-order valence-electron chi connectivity index (χ2n) is 19.6. The maximum atomic E-state index is 6.51. The lowest BCUT2D eigenvalue weighted by molar-refractivity contribution is 0.122. The summed E-state index contributed by atoms with van der Waals surface area (Å²) in [6, 6.07) is 13.5. The Bertz CT molecular complexity index is 2680. The molecule has 352 valence electrons. The number of hydrogen-bond acceptors (Lipinski definition) is 10. The molecule has 0 saturated carbocycles. The molecule has 4 saturated heterocycles. The first-order valence-electron chi connectivity index (χ1n) is 24.0. The molecule has 6 aromatic rings. The monoisotopic (exact) mass is 972 g/mol. The average molecular weight is 975 g/mol. The maximum Gasteiger partial charge on any atom is 0.179 e. The van der Waals surface area contributed by atoms with E-state index in [1.807, 2.05) is 59.9 Å². The molecule has 0 radical (unpaired) electrons. The molecule has 10 rings (SSSR count). The smallest absolute Gasteiger partial charge is 0.179 e. The van der Waals surface area contributed by atoms with Gasteiger partial charge in [0.25, 0.3) is 0 Å². The van der Waals surface area contributed by atoms with E-state index in [4.69, 9.17) is 76.5 Å². The summed E-state index contributed by atoms with van der Waals surface area (Å²) in [5.74, 6) is 3.04. The molecule has 4 aliphatic heterocycles. The van der Waals surface area contributed by atoms with E-state index >= 15 is 0 Å². The van der Waals surface area contributed by atoms with Gasteiger partial charge in [0.2, 0.25) is 0 Å². The molecule has 0 N–H and O–H groups in total. The first-order valence-corrected chi connectivity index (χ1v) is 25.5. The maximum absolute atomic E-state index is 6.51. The Morgan fingerprint density at radius 1 is 0.606 bits per heavy atom. The molecule has 8 atom stereocenters. The molecule has 8 heterocycles. The van der Waals surface area contributed by atoms with Crippen molar-refractivity contribution in [2.45, 2.75) is 130 Å². The van der Waals surface area contributed by atoms with Crippen LogP contribution in [0, 0.1) is 25.7 Å². The number of rotatable bonds is 8. The zero-order valence-corrected chi connectivity index (χ0v) is 42.6. The van der Waals surface area contributed by atoms with Crippen LogP contribution in [0.15, 0.2) is 48.8 Å². The van der Waals surface area contributed by atoms with Crippen LogP contribution in [-0.2, 0) is 0 Å². The predicted molar refractivity (Wildman–Crippen MR) is 271 cm³/mol. The topological polar surface area (TPSA) is 100 Å². The summed E-state index contributed by atoms with van der Waals surface area (Å²) in [7, 11) is 0. The van der Waals surface area contributed by atoms with Crippen molar-refractivity contribution in [1.82, 2.24) is 49.3 Å². The number of benzene rings is 2. The largest absolute Gasteiger partial charge is 0.355 e. The van der Waals surface area contributed by atoms with E-state index in [9.17, 15) is 0 Å². The van der Waals surface area contributed by atoms with Crippen molar-refractivity contribution in [1.29, 1.82) is 0 Å². The Morgan fingerprint density at radius 2 is 1.15 bits per heavy atom. The highest BCUT2D eigenvalue weighted by molar-refractivity contribution is 6.35. The molecule has 16 heteroatoms. The molecule has 0 spiro atoms. The Labute approximate surface area is 410 Å². The lowest BCUT2D eigenvalue weighted by atomic mass is 9.88. The van der Waals surface area contributed by atoms with Crippen LogP contribution < -0.4 is 9.80 Å². The van der Waals surface area contributed by atoms with Crippen molar-refractivity contribution in [2.24, 2.45) is 11.8 Å². The standard InChI is InChI=1S/2C25H32Cl2N6/c1-15-14-31(11-9-22(15)32-10-5-6-16(32)2)23-13-28-24-17(3)30-33(25(24)29-23)18(4)20-8-7-19(26)12-21(20)27;1-15-14-32(16(2)11-22(15)31-9-5-6-10-31)23-13-28-24-17(3)30-33(25(24)29-23)18(4)20-8-7-19(26)12-21(20)27/h2*7-8,12-13,15-16,18,22H,5-6,9-11,14H2,1-4H3. The minimum atomic E-state index is -0.0900. The van der Waals surface area contributed by atoms with Crippen molar-refractivity contribution < 1.29 is 0 Å². The minimum absolute atomic E-state index is 0.0863. The summed E-state index contributed by atoms with van der Waals surface area (Å²) < 4.78 is 3.89. The van der Waals surface area contributed by atoms with Gasteiger partial charge in [0.05, 0.1) is 35.9 Å². The fourth-order valence-corrected chi connectivity index (χ4v) is 12.5. The number of nitrogens with zero attached hydrogens (tertiary/aromatic N) is 12. The van der Waals surface area contributed by atoms with Crippen molar-refractivity contribution in [2.75, 3.05) is 49.1 Å². The second kappa shape index (κ2) is 19.7. The van der Waals surface area contributed by atoms with Gasteiger partial charge in [0.15, 0.2) is 11.3 Å². The molecule has 4 aromatic heterocycles. The van der Waals surface area contributed by atoms with Crippen LogP contribution in [0.4, 0.5) is 11.6 Å². The highest BCUT2D eigenvalue weighted by Crippen LogP contribution is 2.36. The van der Waals surface area contributed by atoms with Gasteiger partial charge in [-0.2, -0.15) is 10.2 Å². The van der Waals surface area contributed by atoms with Gasteiger partial charge in [-0.05, 0) is 147 Å². The highest BCUT2D eigenvalue weighted by Gasteiger charge is 2.38. The van der Waals surface area contributed by atoms with Crippen LogP contribution in [0.25, 0.3) is 22.3 Å². The molecule has 8 unspecified atom stereocenters. The first kappa shape index (κ1) is 47.3. The lowest BCUT2D eigenvalue weighted by Crippen LogP contribution is -2.53. The molecule has 0 bridgehead atoms. The number of fused-ring (bicyclic) bond motifs is 2. The number of halogens is 4.